The summed E-state index contributed by atoms with van der Waals surface area (Å²) in [4.78, 5) is 2.42. The lowest BCUT2D eigenvalue weighted by atomic mass is 9.90. The lowest BCUT2D eigenvalue weighted by Gasteiger charge is -2.35. The maximum atomic E-state index is 9.18. The molecule has 1 atom stereocenters. The molecule has 1 fully saturated rings. The maximum Gasteiger partial charge on any atom is 0.116 e. The molecule has 0 aliphatic carbocycles. The topological polar surface area (TPSA) is 53.1 Å². The van der Waals surface area contributed by atoms with Crippen LogP contribution in [0.2, 0.25) is 0 Å². The molecule has 2 rings (SSSR count). The minimum atomic E-state index is 0.187. The van der Waals surface area contributed by atoms with E-state index in [1.54, 1.807) is 0 Å². The van der Waals surface area contributed by atoms with Crippen LogP contribution in [-0.4, -0.2) is 23.0 Å². The largest absolute Gasteiger partial charge is 0.389 e. The summed E-state index contributed by atoms with van der Waals surface area (Å²) in [6.07, 6.45) is 2.30. The second-order valence-electron chi connectivity index (χ2n) is 5.13. The third-order valence-electron chi connectivity index (χ3n) is 3.89. The molecule has 4 heteroatoms. The van der Waals surface area contributed by atoms with E-state index in [0.717, 1.165) is 25.2 Å². The molecule has 1 saturated heterocycles. The highest BCUT2D eigenvalue weighted by Gasteiger charge is 2.23. The van der Waals surface area contributed by atoms with Crippen LogP contribution in [0.1, 0.15) is 31.2 Å². The summed E-state index contributed by atoms with van der Waals surface area (Å²) in [5, 5.41) is 9.18. The van der Waals surface area contributed by atoms with Gasteiger partial charge >= 0.3 is 0 Å². The lowest BCUT2D eigenvalue weighted by Crippen LogP contribution is -2.34. The molecule has 0 radical (unpaired) electrons. The number of nitrogens with two attached hydrogens (primary N) is 1. The van der Waals surface area contributed by atoms with Gasteiger partial charge in [0.2, 0.25) is 0 Å². The summed E-state index contributed by atoms with van der Waals surface area (Å²) in [7, 11) is 0. The molecule has 2 N–H and O–H groups in total. The standard InChI is InChI=1S/C16H19N3S/c1-12(15(10-17)16(18)20)19-9-5-8-14(11-19)13-6-3-2-4-7-13/h2-4,6-7,14H,5,8-9,11H2,1H3,(H2,18,20)/b15-12+. The van der Waals surface area contributed by atoms with Crippen molar-refractivity contribution in [1.29, 1.82) is 5.26 Å². The fourth-order valence-electron chi connectivity index (χ4n) is 2.75. The van der Waals surface area contributed by atoms with Crippen LogP contribution >= 0.6 is 12.2 Å². The van der Waals surface area contributed by atoms with E-state index in [0.29, 0.717) is 11.5 Å². The van der Waals surface area contributed by atoms with Crippen LogP contribution in [0.3, 0.4) is 0 Å². The molecule has 0 aromatic heterocycles. The molecule has 104 valence electrons. The Morgan fingerprint density at radius 1 is 1.40 bits per heavy atom. The van der Waals surface area contributed by atoms with E-state index in [1.165, 1.54) is 12.0 Å². The fraction of sp³-hybridized carbons (Fsp3) is 0.375. The van der Waals surface area contributed by atoms with E-state index in [2.05, 4.69) is 35.2 Å². The second-order valence-corrected chi connectivity index (χ2v) is 5.57. The monoisotopic (exact) mass is 285 g/mol. The van der Waals surface area contributed by atoms with E-state index in [1.807, 2.05) is 13.0 Å². The van der Waals surface area contributed by atoms with Gasteiger partial charge in [-0.3, -0.25) is 0 Å². The Hall–Kier alpha value is -1.86. The van der Waals surface area contributed by atoms with Crippen LogP contribution in [0, 0.1) is 11.3 Å². The summed E-state index contributed by atoms with van der Waals surface area (Å²) >= 11 is 4.96. The Labute approximate surface area is 125 Å². The van der Waals surface area contributed by atoms with Gasteiger partial charge in [-0.1, -0.05) is 42.5 Å². The van der Waals surface area contributed by atoms with Crippen molar-refractivity contribution in [2.45, 2.75) is 25.7 Å². The Kier molecular flexibility index (Phi) is 4.75. The van der Waals surface area contributed by atoms with Crippen molar-refractivity contribution in [3.8, 4) is 6.07 Å². The molecular weight excluding hydrogens is 266 g/mol. The van der Waals surface area contributed by atoms with Gasteiger partial charge in [0.1, 0.15) is 16.6 Å². The molecule has 0 amide bonds. The SMILES string of the molecule is C/C(=C(/C#N)C(N)=S)N1CCCC(c2ccccc2)C1. The van der Waals surface area contributed by atoms with E-state index in [4.69, 9.17) is 18.0 Å². The number of rotatable bonds is 3. The van der Waals surface area contributed by atoms with Gasteiger partial charge in [-0.15, -0.1) is 0 Å². The van der Waals surface area contributed by atoms with E-state index < -0.39 is 0 Å². The first-order valence-corrected chi connectivity index (χ1v) is 7.25. The first kappa shape index (κ1) is 14.5. The summed E-state index contributed by atoms with van der Waals surface area (Å²) in [6.45, 7) is 3.82. The van der Waals surface area contributed by atoms with Gasteiger partial charge in [-0.05, 0) is 25.3 Å². The van der Waals surface area contributed by atoms with Crippen LogP contribution in [0.5, 0.6) is 0 Å². The third-order valence-corrected chi connectivity index (χ3v) is 4.09. The van der Waals surface area contributed by atoms with Crippen LogP contribution in [0.15, 0.2) is 41.6 Å². The number of allylic oxidation sites excluding steroid dienone is 1. The second kappa shape index (κ2) is 6.53. The number of piperidine rings is 1. The van der Waals surface area contributed by atoms with Crippen molar-refractivity contribution in [1.82, 2.24) is 4.90 Å². The molecule has 0 bridgehead atoms. The van der Waals surface area contributed by atoms with Crippen molar-refractivity contribution in [2.75, 3.05) is 13.1 Å². The van der Waals surface area contributed by atoms with Crippen molar-refractivity contribution in [3.63, 3.8) is 0 Å². The Balaban J connectivity index is 2.19. The van der Waals surface area contributed by atoms with Gasteiger partial charge in [-0.25, -0.2) is 0 Å². The summed E-state index contributed by atoms with van der Waals surface area (Å²) < 4.78 is 0. The van der Waals surface area contributed by atoms with E-state index >= 15 is 0 Å². The van der Waals surface area contributed by atoms with Gasteiger partial charge in [0.15, 0.2) is 0 Å². The average Bonchev–Trinajstić information content (AvgIpc) is 2.48. The molecule has 0 saturated carbocycles. The van der Waals surface area contributed by atoms with Gasteiger partial charge < -0.3 is 10.6 Å². The van der Waals surface area contributed by atoms with Crippen LogP contribution < -0.4 is 5.73 Å². The van der Waals surface area contributed by atoms with Crippen LogP contribution in [-0.2, 0) is 0 Å². The summed E-state index contributed by atoms with van der Waals surface area (Å²) in [5.41, 5.74) is 8.33. The normalized spacial score (nSPS) is 20.0. The summed E-state index contributed by atoms with van der Waals surface area (Å²) in [5.74, 6) is 0.506. The van der Waals surface area contributed by atoms with Crippen molar-refractivity contribution < 1.29 is 0 Å². The zero-order valence-electron chi connectivity index (χ0n) is 11.7. The first-order valence-electron chi connectivity index (χ1n) is 6.84. The fourth-order valence-corrected chi connectivity index (χ4v) is 2.94. The predicted molar refractivity (Wildman–Crippen MR) is 85.1 cm³/mol. The number of thiocarbonyl (C=S) groups is 1. The van der Waals surface area contributed by atoms with Gasteiger partial charge in [0, 0.05) is 24.7 Å². The van der Waals surface area contributed by atoms with E-state index in [9.17, 15) is 5.26 Å². The molecule has 1 heterocycles. The molecule has 20 heavy (non-hydrogen) atoms. The Morgan fingerprint density at radius 2 is 2.10 bits per heavy atom. The van der Waals surface area contributed by atoms with Crippen LogP contribution in [0.4, 0.5) is 0 Å². The highest BCUT2D eigenvalue weighted by atomic mass is 32.1. The molecule has 3 nitrogen and oxygen atoms in total. The molecule has 1 aromatic rings. The van der Waals surface area contributed by atoms with Crippen molar-refractivity contribution >= 4 is 17.2 Å². The highest BCUT2D eigenvalue weighted by molar-refractivity contribution is 7.80. The maximum absolute atomic E-state index is 9.18. The van der Waals surface area contributed by atoms with Crippen molar-refractivity contribution in [2.24, 2.45) is 5.73 Å². The molecule has 1 aliphatic heterocycles. The van der Waals surface area contributed by atoms with Gasteiger partial charge in [0.05, 0.1) is 0 Å². The molecule has 1 aliphatic rings. The first-order chi connectivity index (χ1) is 9.63. The summed E-state index contributed by atoms with van der Waals surface area (Å²) in [6, 6.07) is 12.7. The number of hydrogen-bond donors (Lipinski definition) is 1. The quantitative estimate of drug-likeness (QED) is 0.527. The third kappa shape index (κ3) is 3.17. The number of benzene rings is 1. The Bertz CT molecular complexity index is 557. The van der Waals surface area contributed by atoms with Gasteiger partial charge in [0.25, 0.3) is 0 Å². The molecule has 0 spiro atoms. The zero-order valence-corrected chi connectivity index (χ0v) is 12.5. The minimum absolute atomic E-state index is 0.187. The minimum Gasteiger partial charge on any atom is -0.389 e. The molecular formula is C16H19N3S. The average molecular weight is 285 g/mol. The number of nitriles is 1. The molecule has 1 unspecified atom stereocenters. The number of likely N-dealkylation sites (tertiary alicyclic amines) is 1. The molecule has 1 aromatic carbocycles. The zero-order chi connectivity index (χ0) is 14.5. The predicted octanol–water partition coefficient (Wildman–Crippen LogP) is 2.95. The van der Waals surface area contributed by atoms with E-state index in [-0.39, 0.29) is 4.99 Å². The number of nitrogens with zero attached hydrogens (tertiary/aromatic N) is 2. The number of hydrogen-bond acceptors (Lipinski definition) is 3. The van der Waals surface area contributed by atoms with Crippen LogP contribution in [0.25, 0.3) is 0 Å². The van der Waals surface area contributed by atoms with Gasteiger partial charge in [-0.2, -0.15) is 5.26 Å². The van der Waals surface area contributed by atoms with Crippen molar-refractivity contribution in [3.05, 3.63) is 47.2 Å². The Morgan fingerprint density at radius 3 is 2.70 bits per heavy atom. The highest BCUT2D eigenvalue weighted by Crippen LogP contribution is 2.29. The smallest absolute Gasteiger partial charge is 0.116 e. The lowest BCUT2D eigenvalue weighted by molar-refractivity contribution is 0.258.